The molecule has 0 spiro atoms. The molecule has 1 N–H and O–H groups in total. The molecule has 0 saturated heterocycles. The van der Waals surface area contributed by atoms with E-state index in [9.17, 15) is 5.11 Å². The zero-order valence-corrected chi connectivity index (χ0v) is 14.0. The van der Waals surface area contributed by atoms with Crippen molar-refractivity contribution in [3.63, 3.8) is 0 Å². The summed E-state index contributed by atoms with van der Waals surface area (Å²) in [5, 5.41) is 12.6. The second-order valence-electron chi connectivity index (χ2n) is 4.32. The summed E-state index contributed by atoms with van der Waals surface area (Å²) in [6, 6.07) is 9.86. The standard InChI is InChI=1S/C15H13BrO2S2/c1-2-18-9-3-4-10(11(16)7-9)15(17)14-8-13-12(20-14)5-6-19-13/h3-8,15,17H,2H2,1H3. The van der Waals surface area contributed by atoms with E-state index in [0.717, 1.165) is 20.7 Å². The Balaban J connectivity index is 1.93. The molecule has 1 aromatic carbocycles. The van der Waals surface area contributed by atoms with Crippen molar-refractivity contribution >= 4 is 48.0 Å². The van der Waals surface area contributed by atoms with Crippen LogP contribution in [-0.4, -0.2) is 11.7 Å². The lowest BCUT2D eigenvalue weighted by atomic mass is 10.1. The van der Waals surface area contributed by atoms with E-state index >= 15 is 0 Å². The van der Waals surface area contributed by atoms with Crippen molar-refractivity contribution in [3.05, 3.63) is 50.6 Å². The summed E-state index contributed by atoms with van der Waals surface area (Å²) in [6.45, 7) is 2.59. The van der Waals surface area contributed by atoms with Crippen LogP contribution in [0.25, 0.3) is 9.40 Å². The van der Waals surface area contributed by atoms with E-state index in [1.165, 1.54) is 9.40 Å². The first kappa shape index (κ1) is 14.1. The number of hydrogen-bond donors (Lipinski definition) is 1. The van der Waals surface area contributed by atoms with Gasteiger partial charge >= 0.3 is 0 Å². The van der Waals surface area contributed by atoms with Gasteiger partial charge in [-0.3, -0.25) is 0 Å². The summed E-state index contributed by atoms with van der Waals surface area (Å²) in [5.74, 6) is 0.808. The van der Waals surface area contributed by atoms with Gasteiger partial charge in [0, 0.05) is 24.3 Å². The summed E-state index contributed by atoms with van der Waals surface area (Å²) < 4.78 is 8.78. The molecule has 0 radical (unpaired) electrons. The summed E-state index contributed by atoms with van der Waals surface area (Å²) in [7, 11) is 0. The highest BCUT2D eigenvalue weighted by atomic mass is 79.9. The quantitative estimate of drug-likeness (QED) is 0.685. The Bertz CT molecular complexity index is 704. The lowest BCUT2D eigenvalue weighted by Gasteiger charge is -2.12. The summed E-state index contributed by atoms with van der Waals surface area (Å²) in [4.78, 5) is 0.969. The monoisotopic (exact) mass is 368 g/mol. The van der Waals surface area contributed by atoms with Gasteiger partial charge in [0.05, 0.1) is 6.61 Å². The Labute approximate surface area is 133 Å². The highest BCUT2D eigenvalue weighted by Crippen LogP contribution is 2.38. The van der Waals surface area contributed by atoms with Crippen LogP contribution >= 0.6 is 38.6 Å². The summed E-state index contributed by atoms with van der Waals surface area (Å²) in [5.41, 5.74) is 0.863. The van der Waals surface area contributed by atoms with Crippen molar-refractivity contribution in [1.29, 1.82) is 0 Å². The van der Waals surface area contributed by atoms with Crippen LogP contribution in [0, 0.1) is 0 Å². The molecule has 5 heteroatoms. The fourth-order valence-electron chi connectivity index (χ4n) is 2.06. The fourth-order valence-corrected chi connectivity index (χ4v) is 4.76. The molecular formula is C15H13BrO2S2. The molecule has 0 fully saturated rings. The molecule has 3 aromatic rings. The maximum absolute atomic E-state index is 10.6. The van der Waals surface area contributed by atoms with Crippen LogP contribution in [0.2, 0.25) is 0 Å². The highest BCUT2D eigenvalue weighted by Gasteiger charge is 2.17. The minimum atomic E-state index is -0.607. The molecule has 2 aromatic heterocycles. The van der Waals surface area contributed by atoms with Gasteiger partial charge < -0.3 is 9.84 Å². The Hall–Kier alpha value is -0.880. The number of ether oxygens (including phenoxy) is 1. The molecule has 0 bridgehead atoms. The minimum absolute atomic E-state index is 0.607. The van der Waals surface area contributed by atoms with Crippen molar-refractivity contribution in [2.45, 2.75) is 13.0 Å². The number of rotatable bonds is 4. The maximum atomic E-state index is 10.6. The van der Waals surface area contributed by atoms with E-state index < -0.39 is 6.10 Å². The van der Waals surface area contributed by atoms with Crippen LogP contribution in [0.3, 0.4) is 0 Å². The van der Waals surface area contributed by atoms with Gasteiger partial charge in [-0.15, -0.1) is 22.7 Å². The van der Waals surface area contributed by atoms with Crippen molar-refractivity contribution in [1.82, 2.24) is 0 Å². The lowest BCUT2D eigenvalue weighted by Crippen LogP contribution is -1.99. The number of aliphatic hydroxyl groups excluding tert-OH is 1. The molecule has 1 unspecified atom stereocenters. The molecule has 20 heavy (non-hydrogen) atoms. The van der Waals surface area contributed by atoms with Gasteiger partial charge in [-0.05, 0) is 36.6 Å². The van der Waals surface area contributed by atoms with Crippen LogP contribution in [-0.2, 0) is 0 Å². The molecule has 2 heterocycles. The smallest absolute Gasteiger partial charge is 0.120 e. The first-order valence-electron chi connectivity index (χ1n) is 6.26. The second kappa shape index (κ2) is 5.85. The molecule has 104 valence electrons. The number of fused-ring (bicyclic) bond motifs is 1. The van der Waals surface area contributed by atoms with Crippen LogP contribution in [0.5, 0.6) is 5.75 Å². The van der Waals surface area contributed by atoms with Gasteiger partial charge in [0.1, 0.15) is 11.9 Å². The Morgan fingerprint density at radius 1 is 1.25 bits per heavy atom. The van der Waals surface area contributed by atoms with Gasteiger partial charge in [0.25, 0.3) is 0 Å². The largest absolute Gasteiger partial charge is 0.494 e. The van der Waals surface area contributed by atoms with E-state index in [-0.39, 0.29) is 0 Å². The van der Waals surface area contributed by atoms with Crippen LogP contribution in [0.4, 0.5) is 0 Å². The van der Waals surface area contributed by atoms with Gasteiger partial charge in [0.15, 0.2) is 0 Å². The zero-order chi connectivity index (χ0) is 14.1. The summed E-state index contributed by atoms with van der Waals surface area (Å²) in [6.07, 6.45) is -0.607. The van der Waals surface area contributed by atoms with E-state index in [1.807, 2.05) is 25.1 Å². The zero-order valence-electron chi connectivity index (χ0n) is 10.8. The van der Waals surface area contributed by atoms with Crippen molar-refractivity contribution in [3.8, 4) is 5.75 Å². The maximum Gasteiger partial charge on any atom is 0.120 e. The van der Waals surface area contributed by atoms with E-state index in [0.29, 0.717) is 6.61 Å². The van der Waals surface area contributed by atoms with Gasteiger partial charge in [-0.25, -0.2) is 0 Å². The predicted octanol–water partition coefficient (Wildman–Crippen LogP) is 5.21. The molecule has 0 aliphatic carbocycles. The number of benzene rings is 1. The highest BCUT2D eigenvalue weighted by molar-refractivity contribution is 9.10. The molecule has 1 atom stereocenters. The second-order valence-corrected chi connectivity index (χ2v) is 7.23. The third-order valence-electron chi connectivity index (χ3n) is 3.01. The molecule has 0 aliphatic heterocycles. The Kier molecular flexibility index (Phi) is 4.12. The fraction of sp³-hybridized carbons (Fsp3) is 0.200. The Morgan fingerprint density at radius 3 is 2.80 bits per heavy atom. The van der Waals surface area contributed by atoms with E-state index in [4.69, 9.17) is 4.74 Å². The van der Waals surface area contributed by atoms with Crippen LogP contribution in [0.1, 0.15) is 23.5 Å². The van der Waals surface area contributed by atoms with Crippen molar-refractivity contribution < 1.29 is 9.84 Å². The lowest BCUT2D eigenvalue weighted by molar-refractivity contribution is 0.223. The van der Waals surface area contributed by atoms with Crippen LogP contribution in [0.15, 0.2) is 40.2 Å². The van der Waals surface area contributed by atoms with E-state index in [2.05, 4.69) is 33.4 Å². The Morgan fingerprint density at radius 2 is 2.10 bits per heavy atom. The summed E-state index contributed by atoms with van der Waals surface area (Å²) >= 11 is 6.86. The topological polar surface area (TPSA) is 29.5 Å². The van der Waals surface area contributed by atoms with Crippen molar-refractivity contribution in [2.75, 3.05) is 6.61 Å². The van der Waals surface area contributed by atoms with E-state index in [1.54, 1.807) is 22.7 Å². The molecular weight excluding hydrogens is 356 g/mol. The third-order valence-corrected chi connectivity index (χ3v) is 5.84. The molecule has 3 rings (SSSR count). The first-order valence-corrected chi connectivity index (χ1v) is 8.75. The number of halogens is 1. The third kappa shape index (κ3) is 2.63. The molecule has 0 amide bonds. The normalized spacial score (nSPS) is 12.8. The number of aliphatic hydroxyl groups is 1. The van der Waals surface area contributed by atoms with Crippen molar-refractivity contribution in [2.24, 2.45) is 0 Å². The molecule has 0 aliphatic rings. The average molecular weight is 369 g/mol. The predicted molar refractivity (Wildman–Crippen MR) is 89.1 cm³/mol. The number of hydrogen-bond acceptors (Lipinski definition) is 4. The average Bonchev–Trinajstić information content (AvgIpc) is 2.99. The van der Waals surface area contributed by atoms with Gasteiger partial charge in [-0.1, -0.05) is 22.0 Å². The van der Waals surface area contributed by atoms with Gasteiger partial charge in [0.2, 0.25) is 0 Å². The number of thiophene rings is 2. The first-order chi connectivity index (χ1) is 9.69. The van der Waals surface area contributed by atoms with Gasteiger partial charge in [-0.2, -0.15) is 0 Å². The van der Waals surface area contributed by atoms with Crippen LogP contribution < -0.4 is 4.74 Å². The molecule has 2 nitrogen and oxygen atoms in total. The SMILES string of the molecule is CCOc1ccc(C(O)c2cc3sccc3s2)c(Br)c1. The molecule has 0 saturated carbocycles. The minimum Gasteiger partial charge on any atom is -0.494 e.